The van der Waals surface area contributed by atoms with Crippen molar-refractivity contribution in [3.05, 3.63) is 53.1 Å². The molecule has 0 bridgehead atoms. The molecule has 1 aromatic heterocycles. The molecule has 0 amide bonds. The molecule has 7 heteroatoms. The van der Waals surface area contributed by atoms with Crippen LogP contribution in [0.25, 0.3) is 0 Å². The Balaban J connectivity index is 2.27. The fourth-order valence-corrected chi connectivity index (χ4v) is 1.80. The summed E-state index contributed by atoms with van der Waals surface area (Å²) in [5.41, 5.74) is -0.520. The summed E-state index contributed by atoms with van der Waals surface area (Å²) in [4.78, 5) is 17.7. The molecule has 0 saturated heterocycles. The Labute approximate surface area is 112 Å². The maximum Gasteiger partial charge on any atom is 0.416 e. The van der Waals surface area contributed by atoms with Gasteiger partial charge in [0.25, 0.3) is 0 Å². The van der Waals surface area contributed by atoms with E-state index in [4.69, 9.17) is 0 Å². The Morgan fingerprint density at radius 2 is 2.05 bits per heavy atom. The molecule has 0 saturated carbocycles. The average molecular weight is 284 g/mol. The second kappa shape index (κ2) is 5.36. The molecule has 1 heterocycles. The van der Waals surface area contributed by atoms with Crippen molar-refractivity contribution in [3.8, 4) is 0 Å². The van der Waals surface area contributed by atoms with Crippen LogP contribution in [0.5, 0.6) is 0 Å². The number of ether oxygens (including phenoxy) is 1. The summed E-state index contributed by atoms with van der Waals surface area (Å²) in [5.74, 6) is -0.352. The van der Waals surface area contributed by atoms with E-state index in [1.165, 1.54) is 31.5 Å². The van der Waals surface area contributed by atoms with E-state index in [2.05, 4.69) is 14.7 Å². The van der Waals surface area contributed by atoms with Crippen molar-refractivity contribution in [2.75, 3.05) is 7.11 Å². The molecule has 0 radical (unpaired) electrons. The number of hydrogen-bond donors (Lipinski definition) is 1. The molecule has 2 rings (SSSR count). The van der Waals surface area contributed by atoms with Crippen molar-refractivity contribution in [1.29, 1.82) is 0 Å². The molecule has 0 atom stereocenters. The highest BCUT2D eigenvalue weighted by atomic mass is 19.4. The molecule has 0 unspecified atom stereocenters. The number of nitrogens with zero attached hydrogens (tertiary/aromatic N) is 1. The number of alkyl halides is 3. The lowest BCUT2D eigenvalue weighted by molar-refractivity contribution is -0.138. The first-order valence-corrected chi connectivity index (χ1v) is 5.69. The predicted molar refractivity (Wildman–Crippen MR) is 64.2 cm³/mol. The van der Waals surface area contributed by atoms with E-state index in [1.54, 1.807) is 0 Å². The molecular weight excluding hydrogens is 273 g/mol. The van der Waals surface area contributed by atoms with Crippen LogP contribution >= 0.6 is 0 Å². The largest absolute Gasteiger partial charge is 0.464 e. The smallest absolute Gasteiger partial charge is 0.416 e. The first kappa shape index (κ1) is 14.1. The van der Waals surface area contributed by atoms with E-state index < -0.39 is 17.7 Å². The highest BCUT2D eigenvalue weighted by Gasteiger charge is 2.33. The second-order valence-electron chi connectivity index (χ2n) is 4.07. The fourth-order valence-electron chi connectivity index (χ4n) is 1.80. The van der Waals surface area contributed by atoms with Gasteiger partial charge >= 0.3 is 12.1 Å². The maximum atomic E-state index is 12.8. The van der Waals surface area contributed by atoms with Crippen molar-refractivity contribution in [2.45, 2.75) is 12.6 Å². The minimum Gasteiger partial charge on any atom is -0.464 e. The Morgan fingerprint density at radius 1 is 1.35 bits per heavy atom. The maximum absolute atomic E-state index is 12.8. The SMILES string of the molecule is COC(=O)c1cnc(Cc2ccccc2C(F)(F)F)[nH]1. The Kier molecular flexibility index (Phi) is 3.78. The number of benzene rings is 1. The van der Waals surface area contributed by atoms with Crippen LogP contribution in [0.3, 0.4) is 0 Å². The number of hydrogen-bond acceptors (Lipinski definition) is 3. The molecular formula is C13H11F3N2O2. The summed E-state index contributed by atoms with van der Waals surface area (Å²) in [6.07, 6.45) is -3.24. The number of halogens is 3. The average Bonchev–Trinajstić information content (AvgIpc) is 2.86. The number of esters is 1. The van der Waals surface area contributed by atoms with Crippen molar-refractivity contribution in [1.82, 2.24) is 9.97 Å². The highest BCUT2D eigenvalue weighted by Crippen LogP contribution is 2.32. The van der Waals surface area contributed by atoms with Gasteiger partial charge in [-0.05, 0) is 11.6 Å². The standard InChI is InChI=1S/C13H11F3N2O2/c1-20-12(19)10-7-17-11(18-10)6-8-4-2-3-5-9(8)13(14,15)16/h2-5,7H,6H2,1H3,(H,17,18). The van der Waals surface area contributed by atoms with Gasteiger partial charge in [-0.15, -0.1) is 0 Å². The first-order valence-electron chi connectivity index (χ1n) is 5.69. The van der Waals surface area contributed by atoms with Crippen LogP contribution in [0.15, 0.2) is 30.5 Å². The zero-order chi connectivity index (χ0) is 14.8. The van der Waals surface area contributed by atoms with E-state index in [0.29, 0.717) is 0 Å². The zero-order valence-corrected chi connectivity index (χ0v) is 10.5. The quantitative estimate of drug-likeness (QED) is 0.882. The van der Waals surface area contributed by atoms with Crippen molar-refractivity contribution in [2.24, 2.45) is 0 Å². The summed E-state index contributed by atoms with van der Waals surface area (Å²) in [7, 11) is 1.21. The number of imidazole rings is 1. The van der Waals surface area contributed by atoms with E-state index >= 15 is 0 Å². The number of carbonyl (C=O) groups is 1. The van der Waals surface area contributed by atoms with E-state index in [1.807, 2.05) is 0 Å². The molecule has 20 heavy (non-hydrogen) atoms. The van der Waals surface area contributed by atoms with Crippen molar-refractivity contribution in [3.63, 3.8) is 0 Å². The minimum absolute atomic E-state index is 0.0489. The summed E-state index contributed by atoms with van der Waals surface area (Å²) in [5, 5.41) is 0. The molecule has 2 aromatic rings. The van der Waals surface area contributed by atoms with Gasteiger partial charge in [-0.3, -0.25) is 0 Å². The Morgan fingerprint density at radius 3 is 2.70 bits per heavy atom. The number of H-pyrrole nitrogens is 1. The number of nitrogens with one attached hydrogen (secondary N) is 1. The summed E-state index contributed by atoms with van der Waals surface area (Å²) >= 11 is 0. The van der Waals surface area contributed by atoms with E-state index in [-0.39, 0.29) is 23.5 Å². The van der Waals surface area contributed by atoms with Gasteiger partial charge in [0.05, 0.1) is 18.9 Å². The number of aromatic amines is 1. The Bertz CT molecular complexity index is 620. The normalized spacial score (nSPS) is 11.4. The second-order valence-corrected chi connectivity index (χ2v) is 4.07. The monoisotopic (exact) mass is 284 g/mol. The molecule has 0 aliphatic carbocycles. The third-order valence-corrected chi connectivity index (χ3v) is 2.71. The van der Waals surface area contributed by atoms with Gasteiger partial charge in [0.1, 0.15) is 11.5 Å². The summed E-state index contributed by atoms with van der Waals surface area (Å²) in [6, 6.07) is 5.24. The van der Waals surface area contributed by atoms with Gasteiger partial charge in [-0.1, -0.05) is 18.2 Å². The molecule has 1 aromatic carbocycles. The lowest BCUT2D eigenvalue weighted by Gasteiger charge is -2.11. The van der Waals surface area contributed by atoms with Gasteiger partial charge in [0.2, 0.25) is 0 Å². The molecule has 1 N–H and O–H groups in total. The zero-order valence-electron chi connectivity index (χ0n) is 10.5. The van der Waals surface area contributed by atoms with Crippen LogP contribution in [0.1, 0.15) is 27.4 Å². The van der Waals surface area contributed by atoms with Crippen molar-refractivity contribution >= 4 is 5.97 Å². The highest BCUT2D eigenvalue weighted by molar-refractivity contribution is 5.86. The van der Waals surface area contributed by atoms with E-state index in [0.717, 1.165) is 6.07 Å². The van der Waals surface area contributed by atoms with Gasteiger partial charge in [-0.2, -0.15) is 13.2 Å². The third-order valence-electron chi connectivity index (χ3n) is 2.71. The van der Waals surface area contributed by atoms with Gasteiger partial charge < -0.3 is 9.72 Å². The molecule has 4 nitrogen and oxygen atoms in total. The molecule has 0 aliphatic rings. The van der Waals surface area contributed by atoms with Crippen LogP contribution in [0.4, 0.5) is 13.2 Å². The number of rotatable bonds is 3. The fraction of sp³-hybridized carbons (Fsp3) is 0.231. The minimum atomic E-state index is -4.42. The molecule has 0 aliphatic heterocycles. The van der Waals surface area contributed by atoms with Gasteiger partial charge in [0.15, 0.2) is 0 Å². The van der Waals surface area contributed by atoms with Crippen LogP contribution in [-0.4, -0.2) is 23.0 Å². The van der Waals surface area contributed by atoms with Crippen LogP contribution in [-0.2, 0) is 17.3 Å². The number of carbonyl (C=O) groups excluding carboxylic acids is 1. The Hall–Kier alpha value is -2.31. The summed E-state index contributed by atoms with van der Waals surface area (Å²) < 4.78 is 43.0. The third kappa shape index (κ3) is 2.98. The number of aromatic nitrogens is 2. The summed E-state index contributed by atoms with van der Waals surface area (Å²) in [6.45, 7) is 0. The topological polar surface area (TPSA) is 55.0 Å². The van der Waals surface area contributed by atoms with E-state index in [9.17, 15) is 18.0 Å². The lowest BCUT2D eigenvalue weighted by Crippen LogP contribution is -2.09. The molecule has 0 fully saturated rings. The number of methoxy groups -OCH3 is 1. The van der Waals surface area contributed by atoms with Crippen molar-refractivity contribution < 1.29 is 22.7 Å². The predicted octanol–water partition coefficient (Wildman–Crippen LogP) is 2.81. The first-order chi connectivity index (χ1) is 9.41. The van der Waals surface area contributed by atoms with Crippen LogP contribution < -0.4 is 0 Å². The van der Waals surface area contributed by atoms with Crippen LogP contribution in [0.2, 0.25) is 0 Å². The molecule has 0 spiro atoms. The van der Waals surface area contributed by atoms with Gasteiger partial charge in [-0.25, -0.2) is 9.78 Å². The molecule has 106 valence electrons. The lowest BCUT2D eigenvalue weighted by atomic mass is 10.0. The van der Waals surface area contributed by atoms with Crippen LogP contribution in [0, 0.1) is 0 Å². The van der Waals surface area contributed by atoms with Gasteiger partial charge in [0, 0.05) is 6.42 Å².